The van der Waals surface area contributed by atoms with Gasteiger partial charge >= 0.3 is 0 Å². The van der Waals surface area contributed by atoms with E-state index in [0.717, 1.165) is 0 Å². The number of hydrogen-bond acceptors (Lipinski definition) is 2. The summed E-state index contributed by atoms with van der Waals surface area (Å²) in [5.74, 6) is -0.362. The van der Waals surface area contributed by atoms with Crippen LogP contribution in [-0.2, 0) is 9.84 Å². The van der Waals surface area contributed by atoms with Gasteiger partial charge in [0.05, 0.1) is 16.9 Å². The molecule has 0 amide bonds. The van der Waals surface area contributed by atoms with Gasteiger partial charge in [0.2, 0.25) is 0 Å². The van der Waals surface area contributed by atoms with E-state index in [-0.39, 0.29) is 11.5 Å². The van der Waals surface area contributed by atoms with Crippen LogP contribution in [-0.4, -0.2) is 29.6 Å². The summed E-state index contributed by atoms with van der Waals surface area (Å²) in [4.78, 5) is 0. The molecule has 6 heteroatoms. The lowest BCUT2D eigenvalue weighted by atomic mass is 10.3. The molecule has 1 rings (SSSR count). The Bertz CT molecular complexity index is 233. The molecule has 1 atom stereocenters. The topological polar surface area (TPSA) is 34.1 Å². The first-order chi connectivity index (χ1) is 4.33. The van der Waals surface area contributed by atoms with Crippen molar-refractivity contribution in [1.29, 1.82) is 0 Å². The van der Waals surface area contributed by atoms with Crippen molar-refractivity contribution in [1.82, 2.24) is 0 Å². The average Bonchev–Trinajstić information content (AvgIpc) is 1.73. The second-order valence-electron chi connectivity index (χ2n) is 2.28. The number of sulfone groups is 1. The minimum Gasteiger partial charge on any atom is -0.229 e. The van der Waals surface area contributed by atoms with Crippen molar-refractivity contribution in [3.05, 3.63) is 0 Å². The van der Waals surface area contributed by atoms with Gasteiger partial charge in [-0.05, 0) is 0 Å². The maximum atomic E-state index is 10.8. The monoisotopic (exact) mass is 222 g/mol. The van der Waals surface area contributed by atoms with Crippen LogP contribution in [0, 0.1) is 0 Å². The van der Waals surface area contributed by atoms with E-state index >= 15 is 0 Å². The summed E-state index contributed by atoms with van der Waals surface area (Å²) in [6, 6.07) is 0. The first-order valence-electron chi connectivity index (χ1n) is 2.56. The van der Waals surface area contributed by atoms with Crippen molar-refractivity contribution in [3.8, 4) is 0 Å². The van der Waals surface area contributed by atoms with Crippen LogP contribution in [0.5, 0.6) is 0 Å². The van der Waals surface area contributed by atoms with Gasteiger partial charge in [-0.3, -0.25) is 0 Å². The summed E-state index contributed by atoms with van der Waals surface area (Å²) >= 11 is 16.7. The highest BCUT2D eigenvalue weighted by molar-refractivity contribution is 7.92. The summed E-state index contributed by atoms with van der Waals surface area (Å²) in [5, 5.41) is -0.680. The fraction of sp³-hybridized carbons (Fsp3) is 1.00. The smallest absolute Gasteiger partial charge is 0.154 e. The van der Waals surface area contributed by atoms with Gasteiger partial charge in [-0.2, -0.15) is 0 Å². The lowest BCUT2D eigenvalue weighted by molar-refractivity contribution is 0.602. The third-order valence-electron chi connectivity index (χ3n) is 1.27. The van der Waals surface area contributed by atoms with E-state index in [1.165, 1.54) is 0 Å². The molecular weight excluding hydrogens is 218 g/mol. The van der Waals surface area contributed by atoms with Gasteiger partial charge in [-0.15, -0.1) is 11.6 Å². The minimum atomic E-state index is -3.10. The second-order valence-corrected chi connectivity index (χ2v) is 6.46. The zero-order chi connectivity index (χ0) is 7.99. The van der Waals surface area contributed by atoms with Crippen LogP contribution in [0.15, 0.2) is 0 Å². The number of alkyl halides is 3. The molecule has 2 nitrogen and oxygen atoms in total. The zero-order valence-corrected chi connectivity index (χ0v) is 7.93. The molecule has 60 valence electrons. The predicted octanol–water partition coefficient (Wildman–Crippen LogP) is 1.20. The third-order valence-corrected chi connectivity index (χ3v) is 5.05. The van der Waals surface area contributed by atoms with Gasteiger partial charge in [0, 0.05) is 0 Å². The molecule has 0 saturated carbocycles. The first kappa shape index (κ1) is 8.91. The standard InChI is InChI=1S/C4H5Cl3O2S/c5-3-1-10(8,9)2-4(3,6)7/h3H,1-2H2/t3-/m1/s1. The van der Waals surface area contributed by atoms with Crippen LogP contribution in [0.25, 0.3) is 0 Å². The highest BCUT2D eigenvalue weighted by atomic mass is 35.5. The Morgan fingerprint density at radius 1 is 1.40 bits per heavy atom. The molecule has 1 aliphatic rings. The van der Waals surface area contributed by atoms with E-state index in [0.29, 0.717) is 0 Å². The number of rotatable bonds is 0. The molecular formula is C4H5Cl3O2S. The lowest BCUT2D eigenvalue weighted by Gasteiger charge is -2.11. The molecule has 1 aliphatic heterocycles. The van der Waals surface area contributed by atoms with E-state index in [1.807, 2.05) is 0 Å². The SMILES string of the molecule is O=S1(=O)C[C@@H](Cl)C(Cl)(Cl)C1. The molecule has 0 aliphatic carbocycles. The molecule has 1 fully saturated rings. The van der Waals surface area contributed by atoms with E-state index in [1.54, 1.807) is 0 Å². The lowest BCUT2D eigenvalue weighted by Crippen LogP contribution is -2.23. The Hall–Kier alpha value is 0.820. The van der Waals surface area contributed by atoms with Crippen molar-refractivity contribution in [2.75, 3.05) is 11.5 Å². The molecule has 1 saturated heterocycles. The normalized spacial score (nSPS) is 36.1. The fourth-order valence-electron chi connectivity index (χ4n) is 0.787. The Balaban J connectivity index is 2.92. The summed E-state index contributed by atoms with van der Waals surface area (Å²) in [7, 11) is -3.10. The van der Waals surface area contributed by atoms with Crippen LogP contribution in [0.3, 0.4) is 0 Å². The number of halogens is 3. The van der Waals surface area contributed by atoms with E-state index in [2.05, 4.69) is 0 Å². The Morgan fingerprint density at radius 2 is 1.90 bits per heavy atom. The molecule has 0 aromatic heterocycles. The molecule has 10 heavy (non-hydrogen) atoms. The summed E-state index contributed by atoms with van der Waals surface area (Å²) in [5.41, 5.74) is 0. The summed E-state index contributed by atoms with van der Waals surface area (Å²) in [6.07, 6.45) is 0. The molecule has 0 bridgehead atoms. The molecule has 1 heterocycles. The Labute approximate surface area is 74.4 Å². The van der Waals surface area contributed by atoms with Crippen molar-refractivity contribution in [3.63, 3.8) is 0 Å². The Morgan fingerprint density at radius 3 is 2.00 bits per heavy atom. The summed E-state index contributed by atoms with van der Waals surface area (Å²) in [6.45, 7) is 0. The van der Waals surface area contributed by atoms with Gasteiger partial charge in [-0.25, -0.2) is 8.42 Å². The predicted molar refractivity (Wildman–Crippen MR) is 42.7 cm³/mol. The van der Waals surface area contributed by atoms with Crippen molar-refractivity contribution >= 4 is 44.6 Å². The van der Waals surface area contributed by atoms with Crippen LogP contribution in [0.4, 0.5) is 0 Å². The van der Waals surface area contributed by atoms with Gasteiger partial charge < -0.3 is 0 Å². The van der Waals surface area contributed by atoms with Crippen LogP contribution < -0.4 is 0 Å². The Kier molecular flexibility index (Phi) is 2.14. The van der Waals surface area contributed by atoms with E-state index in [9.17, 15) is 8.42 Å². The minimum absolute atomic E-state index is 0.123. The van der Waals surface area contributed by atoms with Crippen LogP contribution >= 0.6 is 34.8 Å². The molecule has 0 radical (unpaired) electrons. The third kappa shape index (κ3) is 1.70. The summed E-state index contributed by atoms with van der Waals surface area (Å²) < 4.78 is 20.3. The molecule has 0 spiro atoms. The van der Waals surface area contributed by atoms with Crippen molar-refractivity contribution < 1.29 is 8.42 Å². The van der Waals surface area contributed by atoms with E-state index in [4.69, 9.17) is 34.8 Å². The van der Waals surface area contributed by atoms with Crippen molar-refractivity contribution in [2.24, 2.45) is 0 Å². The molecule has 0 N–H and O–H groups in total. The van der Waals surface area contributed by atoms with Crippen LogP contribution in [0.1, 0.15) is 0 Å². The fourth-order valence-corrected chi connectivity index (χ4v) is 4.50. The zero-order valence-electron chi connectivity index (χ0n) is 4.85. The van der Waals surface area contributed by atoms with Crippen molar-refractivity contribution in [2.45, 2.75) is 9.71 Å². The van der Waals surface area contributed by atoms with Gasteiger partial charge in [0.15, 0.2) is 9.84 Å². The average molecular weight is 224 g/mol. The van der Waals surface area contributed by atoms with E-state index < -0.39 is 19.5 Å². The first-order valence-corrected chi connectivity index (χ1v) is 5.57. The molecule has 0 aromatic carbocycles. The number of hydrogen-bond donors (Lipinski definition) is 0. The highest BCUT2D eigenvalue weighted by Crippen LogP contribution is 2.37. The second kappa shape index (κ2) is 2.41. The van der Waals surface area contributed by atoms with Gasteiger partial charge in [-0.1, -0.05) is 23.2 Å². The maximum absolute atomic E-state index is 10.8. The maximum Gasteiger partial charge on any atom is 0.154 e. The largest absolute Gasteiger partial charge is 0.229 e. The molecule has 0 aromatic rings. The highest BCUT2D eigenvalue weighted by Gasteiger charge is 2.47. The quantitative estimate of drug-likeness (QED) is 0.578. The van der Waals surface area contributed by atoms with Gasteiger partial charge in [0.25, 0.3) is 0 Å². The van der Waals surface area contributed by atoms with Crippen LogP contribution in [0.2, 0.25) is 0 Å². The van der Waals surface area contributed by atoms with Gasteiger partial charge in [0.1, 0.15) is 4.33 Å². The molecule has 0 unspecified atom stereocenters.